The van der Waals surface area contributed by atoms with E-state index in [1.807, 2.05) is 0 Å². The molecule has 1 fully saturated rings. The van der Waals surface area contributed by atoms with Crippen molar-refractivity contribution in [3.63, 3.8) is 0 Å². The summed E-state index contributed by atoms with van der Waals surface area (Å²) in [6, 6.07) is 6.49. The Morgan fingerprint density at radius 2 is 1.95 bits per heavy atom. The molecule has 2 heterocycles. The monoisotopic (exact) mass is 322 g/mol. The highest BCUT2D eigenvalue weighted by atomic mass is 32.2. The van der Waals surface area contributed by atoms with Crippen molar-refractivity contribution in [1.82, 2.24) is 10.1 Å². The Bertz CT molecular complexity index is 752. The molecule has 0 radical (unpaired) electrons. The molecule has 0 N–H and O–H groups in total. The van der Waals surface area contributed by atoms with Crippen molar-refractivity contribution in [3.05, 3.63) is 30.2 Å². The third-order valence-electron chi connectivity index (χ3n) is 3.94. The molecule has 118 valence electrons. The van der Waals surface area contributed by atoms with Gasteiger partial charge in [0, 0.05) is 31.0 Å². The van der Waals surface area contributed by atoms with Crippen molar-refractivity contribution >= 4 is 9.84 Å². The number of hydrogen-bond acceptors (Lipinski definition) is 6. The Morgan fingerprint density at radius 3 is 2.59 bits per heavy atom. The second-order valence-electron chi connectivity index (χ2n) is 5.70. The molecule has 0 bridgehead atoms. The minimum Gasteiger partial charge on any atom is -0.381 e. The van der Waals surface area contributed by atoms with Gasteiger partial charge in [0.25, 0.3) is 0 Å². The van der Waals surface area contributed by atoms with Gasteiger partial charge < -0.3 is 9.26 Å². The van der Waals surface area contributed by atoms with Crippen molar-refractivity contribution in [2.45, 2.75) is 24.2 Å². The lowest BCUT2D eigenvalue weighted by Gasteiger charge is -2.25. The Balaban J connectivity index is 1.84. The van der Waals surface area contributed by atoms with E-state index in [0.29, 0.717) is 30.8 Å². The largest absolute Gasteiger partial charge is 0.381 e. The Kier molecular flexibility index (Phi) is 4.01. The molecule has 1 aromatic heterocycles. The van der Waals surface area contributed by atoms with Crippen molar-refractivity contribution in [1.29, 1.82) is 0 Å². The molecule has 1 saturated heterocycles. The molecule has 0 amide bonds. The third kappa shape index (κ3) is 3.05. The van der Waals surface area contributed by atoms with Gasteiger partial charge in [-0.05, 0) is 36.6 Å². The van der Waals surface area contributed by atoms with Crippen LogP contribution in [-0.2, 0) is 14.6 Å². The summed E-state index contributed by atoms with van der Waals surface area (Å²) < 4.78 is 33.7. The molecule has 7 heteroatoms. The Morgan fingerprint density at radius 1 is 1.23 bits per heavy atom. The topological polar surface area (TPSA) is 82.3 Å². The maximum Gasteiger partial charge on any atom is 0.230 e. The maximum atomic E-state index is 11.5. The molecular formula is C15H18N2O4S. The van der Waals surface area contributed by atoms with Crippen LogP contribution in [0.15, 0.2) is 33.7 Å². The Labute approximate surface area is 129 Å². The van der Waals surface area contributed by atoms with Gasteiger partial charge in [-0.1, -0.05) is 12.1 Å². The summed E-state index contributed by atoms with van der Waals surface area (Å²) in [6.07, 6.45) is 2.05. The molecule has 3 rings (SSSR count). The molecule has 0 spiro atoms. The second kappa shape index (κ2) is 5.81. The molecule has 22 heavy (non-hydrogen) atoms. The first kappa shape index (κ1) is 15.2. The fourth-order valence-corrected chi connectivity index (χ4v) is 3.23. The van der Waals surface area contributed by atoms with Gasteiger partial charge in [-0.25, -0.2) is 8.42 Å². The van der Waals surface area contributed by atoms with Gasteiger partial charge in [-0.3, -0.25) is 0 Å². The lowest BCUT2D eigenvalue weighted by Crippen LogP contribution is -2.23. The summed E-state index contributed by atoms with van der Waals surface area (Å²) in [5, 5.41) is 4.01. The number of benzene rings is 1. The van der Waals surface area contributed by atoms with Gasteiger partial charge in [0.05, 0.1) is 4.90 Å². The third-order valence-corrected chi connectivity index (χ3v) is 5.07. The van der Waals surface area contributed by atoms with E-state index >= 15 is 0 Å². The fraction of sp³-hybridized carbons (Fsp3) is 0.467. The van der Waals surface area contributed by atoms with E-state index in [9.17, 15) is 8.42 Å². The van der Waals surface area contributed by atoms with E-state index in [1.165, 1.54) is 6.26 Å². The highest BCUT2D eigenvalue weighted by Gasteiger charge is 2.28. The normalized spacial score (nSPS) is 22.6. The van der Waals surface area contributed by atoms with Crippen LogP contribution in [0.1, 0.15) is 25.2 Å². The van der Waals surface area contributed by atoms with Crippen LogP contribution in [0.4, 0.5) is 0 Å². The quantitative estimate of drug-likeness (QED) is 0.862. The van der Waals surface area contributed by atoms with Gasteiger partial charge in [0.15, 0.2) is 9.84 Å². The predicted octanol–water partition coefficient (Wildman–Crippen LogP) is 2.28. The molecule has 1 aromatic carbocycles. The average molecular weight is 322 g/mol. The number of hydrogen-bond donors (Lipinski definition) is 0. The number of rotatable bonds is 3. The van der Waals surface area contributed by atoms with Crippen molar-refractivity contribution in [3.8, 4) is 11.4 Å². The predicted molar refractivity (Wildman–Crippen MR) is 80.2 cm³/mol. The van der Waals surface area contributed by atoms with Crippen LogP contribution in [0.2, 0.25) is 0 Å². The van der Waals surface area contributed by atoms with Crippen LogP contribution in [0.5, 0.6) is 0 Å². The van der Waals surface area contributed by atoms with E-state index < -0.39 is 9.84 Å². The Hall–Kier alpha value is -1.73. The highest BCUT2D eigenvalue weighted by molar-refractivity contribution is 7.90. The lowest BCUT2D eigenvalue weighted by atomic mass is 9.90. The fourth-order valence-electron chi connectivity index (χ4n) is 2.60. The molecule has 2 atom stereocenters. The zero-order valence-corrected chi connectivity index (χ0v) is 13.3. The van der Waals surface area contributed by atoms with Gasteiger partial charge in [-0.2, -0.15) is 4.98 Å². The zero-order chi connectivity index (χ0) is 15.7. The van der Waals surface area contributed by atoms with E-state index in [2.05, 4.69) is 17.1 Å². The summed E-state index contributed by atoms with van der Waals surface area (Å²) in [4.78, 5) is 4.74. The molecule has 1 aliphatic rings. The molecule has 6 nitrogen and oxygen atoms in total. The van der Waals surface area contributed by atoms with Crippen molar-refractivity contribution in [2.75, 3.05) is 19.5 Å². The molecule has 1 aliphatic heterocycles. The van der Waals surface area contributed by atoms with Gasteiger partial charge in [-0.15, -0.1) is 0 Å². The summed E-state index contributed by atoms with van der Waals surface area (Å²) >= 11 is 0. The summed E-state index contributed by atoms with van der Waals surface area (Å²) in [7, 11) is -3.20. The lowest BCUT2D eigenvalue weighted by molar-refractivity contribution is 0.0392. The molecule has 0 saturated carbocycles. The smallest absolute Gasteiger partial charge is 0.230 e. The average Bonchev–Trinajstić information content (AvgIpc) is 2.96. The maximum absolute atomic E-state index is 11.5. The number of ether oxygens (including phenoxy) is 1. The summed E-state index contributed by atoms with van der Waals surface area (Å²) in [5.74, 6) is 1.66. The zero-order valence-electron chi connectivity index (χ0n) is 12.5. The first-order valence-corrected chi connectivity index (χ1v) is 9.06. The van der Waals surface area contributed by atoms with Crippen molar-refractivity contribution in [2.24, 2.45) is 5.92 Å². The van der Waals surface area contributed by atoms with E-state index in [0.717, 1.165) is 12.0 Å². The first-order chi connectivity index (χ1) is 10.4. The first-order valence-electron chi connectivity index (χ1n) is 7.17. The number of sulfone groups is 1. The molecule has 0 unspecified atom stereocenters. The highest BCUT2D eigenvalue weighted by Crippen LogP contribution is 2.31. The van der Waals surface area contributed by atoms with Crippen molar-refractivity contribution < 1.29 is 17.7 Å². The number of nitrogens with zero attached hydrogens (tertiary/aromatic N) is 2. The molecule has 2 aromatic rings. The minimum absolute atomic E-state index is 0.213. The van der Waals surface area contributed by atoms with Crippen LogP contribution in [0.25, 0.3) is 11.4 Å². The molecule has 0 aliphatic carbocycles. The standard InChI is InChI=1S/C15H18N2O4S/c1-10-9-20-8-7-13(10)15-16-14(17-21-15)11-3-5-12(6-4-11)22(2,18)19/h3-6,10,13H,7-9H2,1-2H3/t10-,13-/m0/s1. The second-order valence-corrected chi connectivity index (χ2v) is 7.72. The van der Waals surface area contributed by atoms with Crippen LogP contribution in [0.3, 0.4) is 0 Å². The number of aromatic nitrogens is 2. The van der Waals surface area contributed by atoms with Gasteiger partial charge in [0.2, 0.25) is 11.7 Å². The van der Waals surface area contributed by atoms with Gasteiger partial charge in [0.1, 0.15) is 0 Å². The van der Waals surface area contributed by atoms with Crippen LogP contribution in [-0.4, -0.2) is 38.0 Å². The summed E-state index contributed by atoms with van der Waals surface area (Å²) in [6.45, 7) is 3.51. The van der Waals surface area contributed by atoms with Crippen LogP contribution < -0.4 is 0 Å². The van der Waals surface area contributed by atoms with Crippen LogP contribution >= 0.6 is 0 Å². The molecular weight excluding hydrogens is 304 g/mol. The van der Waals surface area contributed by atoms with E-state index in [1.54, 1.807) is 24.3 Å². The van der Waals surface area contributed by atoms with Gasteiger partial charge >= 0.3 is 0 Å². The van der Waals surface area contributed by atoms with Crippen LogP contribution in [0, 0.1) is 5.92 Å². The minimum atomic E-state index is -3.20. The SMILES string of the molecule is C[C@H]1COCC[C@@H]1c1nc(-c2ccc(S(C)(=O)=O)cc2)no1. The van der Waals surface area contributed by atoms with E-state index in [-0.39, 0.29) is 10.8 Å². The summed E-state index contributed by atoms with van der Waals surface area (Å²) in [5.41, 5.74) is 0.738. The van der Waals surface area contributed by atoms with E-state index in [4.69, 9.17) is 9.26 Å².